The van der Waals surface area contributed by atoms with Crippen LogP contribution in [0.15, 0.2) is 51.8 Å². The number of hydrogen-bond donors (Lipinski definition) is 0. The average Bonchev–Trinajstić information content (AvgIpc) is 2.89. The van der Waals surface area contributed by atoms with Crippen LogP contribution in [-0.2, 0) is 21.2 Å². The summed E-state index contributed by atoms with van der Waals surface area (Å²) in [5.74, 6) is 0.952. The third kappa shape index (κ3) is 5.27. The smallest absolute Gasteiger partial charge is 0.265 e. The highest BCUT2D eigenvalue weighted by molar-refractivity contribution is 9.10. The molecule has 38 heavy (non-hydrogen) atoms. The van der Waals surface area contributed by atoms with Crippen LogP contribution < -0.4 is 18.7 Å². The van der Waals surface area contributed by atoms with Gasteiger partial charge in [-0.1, -0.05) is 22.0 Å². The van der Waals surface area contributed by atoms with E-state index in [0.717, 1.165) is 50.8 Å². The number of benzene rings is 3. The van der Waals surface area contributed by atoms with Gasteiger partial charge in [-0.05, 0) is 105 Å². The van der Waals surface area contributed by atoms with Gasteiger partial charge in [0.25, 0.3) is 15.9 Å². The average molecular weight is 602 g/mol. The molecule has 1 aliphatic heterocycles. The highest BCUT2D eigenvalue weighted by Gasteiger charge is 2.28. The van der Waals surface area contributed by atoms with E-state index in [1.165, 1.54) is 4.31 Å². The van der Waals surface area contributed by atoms with E-state index in [4.69, 9.17) is 9.47 Å². The second-order valence-corrected chi connectivity index (χ2v) is 12.4. The molecule has 0 N–H and O–H groups in total. The molecule has 0 saturated carbocycles. The van der Waals surface area contributed by atoms with Crippen molar-refractivity contribution in [2.24, 2.45) is 0 Å². The number of rotatable bonds is 7. The van der Waals surface area contributed by atoms with Crippen LogP contribution in [0, 0.1) is 27.7 Å². The number of sulfonamides is 1. The van der Waals surface area contributed by atoms with Gasteiger partial charge >= 0.3 is 0 Å². The van der Waals surface area contributed by atoms with E-state index in [0.29, 0.717) is 28.6 Å². The Balaban J connectivity index is 1.49. The zero-order valence-electron chi connectivity index (χ0n) is 22.6. The van der Waals surface area contributed by atoms with Crippen LogP contribution in [0.4, 0.5) is 11.4 Å². The number of fused-ring (bicyclic) bond motifs is 1. The van der Waals surface area contributed by atoms with Crippen molar-refractivity contribution in [3.8, 4) is 11.5 Å². The largest absolute Gasteiger partial charge is 0.495 e. The number of hydrogen-bond acceptors (Lipinski definition) is 5. The summed E-state index contributed by atoms with van der Waals surface area (Å²) in [7, 11) is -0.632. The Morgan fingerprint density at radius 1 is 1.03 bits per heavy atom. The second kappa shape index (κ2) is 11.0. The van der Waals surface area contributed by atoms with Crippen LogP contribution in [0.3, 0.4) is 0 Å². The minimum Gasteiger partial charge on any atom is -0.495 e. The minimum atomic E-state index is -3.77. The Bertz CT molecular complexity index is 1440. The van der Waals surface area contributed by atoms with E-state index in [2.05, 4.69) is 15.9 Å². The molecule has 7 nitrogen and oxygen atoms in total. The van der Waals surface area contributed by atoms with E-state index in [1.807, 2.05) is 45.9 Å². The zero-order valence-corrected chi connectivity index (χ0v) is 25.0. The molecule has 0 fully saturated rings. The maximum Gasteiger partial charge on any atom is 0.265 e. The first-order chi connectivity index (χ1) is 17.9. The van der Waals surface area contributed by atoms with Gasteiger partial charge in [0, 0.05) is 18.1 Å². The molecule has 3 aromatic carbocycles. The fourth-order valence-corrected chi connectivity index (χ4v) is 7.14. The van der Waals surface area contributed by atoms with E-state index >= 15 is 0 Å². The molecule has 0 radical (unpaired) electrons. The predicted molar refractivity (Wildman–Crippen MR) is 154 cm³/mol. The van der Waals surface area contributed by atoms with Gasteiger partial charge in [0.15, 0.2) is 6.61 Å². The number of halogens is 1. The van der Waals surface area contributed by atoms with Crippen LogP contribution in [0.25, 0.3) is 0 Å². The van der Waals surface area contributed by atoms with Crippen molar-refractivity contribution in [2.45, 2.75) is 45.4 Å². The lowest BCUT2D eigenvalue weighted by Gasteiger charge is -2.31. The minimum absolute atomic E-state index is 0.146. The van der Waals surface area contributed by atoms with E-state index < -0.39 is 10.0 Å². The number of nitrogens with zero attached hydrogens (tertiary/aromatic N) is 2. The fourth-order valence-electron chi connectivity index (χ4n) is 4.89. The number of methoxy groups -OCH3 is 1. The van der Waals surface area contributed by atoms with Crippen molar-refractivity contribution in [3.05, 3.63) is 74.8 Å². The molecule has 0 bridgehead atoms. The topological polar surface area (TPSA) is 76.2 Å². The Labute approximate surface area is 233 Å². The first-order valence-corrected chi connectivity index (χ1v) is 14.6. The highest BCUT2D eigenvalue weighted by Crippen LogP contribution is 2.39. The van der Waals surface area contributed by atoms with Crippen molar-refractivity contribution < 1.29 is 22.7 Å². The van der Waals surface area contributed by atoms with Crippen LogP contribution in [0.1, 0.15) is 34.2 Å². The number of ether oxygens (including phenoxy) is 2. The van der Waals surface area contributed by atoms with Gasteiger partial charge in [0.05, 0.1) is 23.4 Å². The molecule has 0 saturated heterocycles. The maximum atomic E-state index is 13.6. The number of carbonyl (C=O) groups is 1. The monoisotopic (exact) mass is 600 g/mol. The molecule has 0 aliphatic carbocycles. The quantitative estimate of drug-likeness (QED) is 0.339. The molecule has 3 aromatic rings. The maximum absolute atomic E-state index is 13.6. The van der Waals surface area contributed by atoms with Gasteiger partial charge in [-0.25, -0.2) is 8.42 Å². The van der Waals surface area contributed by atoms with Gasteiger partial charge in [-0.2, -0.15) is 0 Å². The van der Waals surface area contributed by atoms with Gasteiger partial charge in [0.2, 0.25) is 0 Å². The molecule has 202 valence electrons. The lowest BCUT2D eigenvalue weighted by molar-refractivity contribution is -0.120. The molecule has 0 aromatic heterocycles. The predicted octanol–water partition coefficient (Wildman–Crippen LogP) is 5.87. The summed E-state index contributed by atoms with van der Waals surface area (Å²) in [5, 5.41) is 0. The molecule has 0 spiro atoms. The first-order valence-electron chi connectivity index (χ1n) is 12.4. The summed E-state index contributed by atoms with van der Waals surface area (Å²) >= 11 is 3.51. The van der Waals surface area contributed by atoms with Gasteiger partial charge in [-0.15, -0.1) is 0 Å². The van der Waals surface area contributed by atoms with E-state index in [1.54, 1.807) is 43.3 Å². The first kappa shape index (κ1) is 28.0. The molecule has 1 amide bonds. The normalized spacial score (nSPS) is 13.2. The summed E-state index contributed by atoms with van der Waals surface area (Å²) < 4.78 is 40.7. The Kier molecular flexibility index (Phi) is 8.09. The summed E-state index contributed by atoms with van der Waals surface area (Å²) in [6.45, 7) is 7.97. The van der Waals surface area contributed by atoms with E-state index in [-0.39, 0.29) is 12.5 Å². The van der Waals surface area contributed by atoms with E-state index in [9.17, 15) is 13.2 Å². The molecule has 0 unspecified atom stereocenters. The third-order valence-corrected chi connectivity index (χ3v) is 9.73. The van der Waals surface area contributed by atoms with Crippen molar-refractivity contribution in [1.29, 1.82) is 0 Å². The van der Waals surface area contributed by atoms with Crippen LogP contribution in [0.5, 0.6) is 11.5 Å². The van der Waals surface area contributed by atoms with Crippen LogP contribution in [-0.4, -0.2) is 41.6 Å². The van der Waals surface area contributed by atoms with Gasteiger partial charge in [-0.3, -0.25) is 9.10 Å². The molecule has 4 rings (SSSR count). The summed E-state index contributed by atoms with van der Waals surface area (Å²) in [5.41, 5.74) is 5.73. The SMILES string of the molecule is COc1cc(Br)cc2c1N(C(=O)COc1ccc(N(C)S(=O)(=O)c3c(C)c(C)cc(C)c3C)cc1)CCC2. The van der Waals surface area contributed by atoms with Gasteiger partial charge < -0.3 is 14.4 Å². The zero-order chi connectivity index (χ0) is 27.8. The number of aryl methyl sites for hydroxylation is 3. The highest BCUT2D eigenvalue weighted by atomic mass is 79.9. The number of amides is 1. The van der Waals surface area contributed by atoms with Crippen LogP contribution >= 0.6 is 15.9 Å². The number of anilines is 2. The Hall–Kier alpha value is -3.04. The molecular formula is C29H33BrN2O5S. The lowest BCUT2D eigenvalue weighted by Crippen LogP contribution is -2.39. The van der Waals surface area contributed by atoms with Crippen molar-refractivity contribution in [3.63, 3.8) is 0 Å². The summed E-state index contributed by atoms with van der Waals surface area (Å²) in [4.78, 5) is 15.2. The third-order valence-electron chi connectivity index (χ3n) is 7.22. The van der Waals surface area contributed by atoms with Gasteiger partial charge in [0.1, 0.15) is 11.5 Å². The fraction of sp³-hybridized carbons (Fsp3) is 0.345. The Morgan fingerprint density at radius 2 is 1.66 bits per heavy atom. The molecular weight excluding hydrogens is 568 g/mol. The summed E-state index contributed by atoms with van der Waals surface area (Å²) in [6.07, 6.45) is 1.72. The van der Waals surface area contributed by atoms with Crippen molar-refractivity contribution >= 4 is 43.2 Å². The Morgan fingerprint density at radius 3 is 2.26 bits per heavy atom. The lowest BCUT2D eigenvalue weighted by atomic mass is 10.0. The van der Waals surface area contributed by atoms with Crippen molar-refractivity contribution in [1.82, 2.24) is 0 Å². The molecule has 0 atom stereocenters. The second-order valence-electron chi connectivity index (χ2n) is 9.61. The van der Waals surface area contributed by atoms with Crippen molar-refractivity contribution in [2.75, 3.05) is 36.5 Å². The van der Waals surface area contributed by atoms with Crippen LogP contribution in [0.2, 0.25) is 0 Å². The molecule has 9 heteroatoms. The number of carbonyl (C=O) groups excluding carboxylic acids is 1. The molecule has 1 heterocycles. The standard InChI is InChI=1S/C29H33BrN2O5S/c1-18-14-19(2)21(4)29(20(18)3)38(34,35)31(5)24-9-11-25(12-10-24)37-17-27(33)32-13-7-8-22-15-23(30)16-26(36-6)28(22)32/h9-12,14-16H,7-8,13,17H2,1-6H3. The summed E-state index contributed by atoms with van der Waals surface area (Å²) in [6, 6.07) is 12.6. The molecule has 1 aliphatic rings.